The molecule has 0 saturated heterocycles. The van der Waals surface area contributed by atoms with Crippen LogP contribution >= 0.6 is 6.89 Å². The second kappa shape index (κ2) is 10.8. The van der Waals surface area contributed by atoms with E-state index in [1.807, 2.05) is 0 Å². The molecule has 3 aromatic carbocycles. The second-order valence-electron chi connectivity index (χ2n) is 5.70. The first-order valence-electron chi connectivity index (χ1n) is 8.28. The Bertz CT molecular complexity index is 683. The van der Waals surface area contributed by atoms with Gasteiger partial charge in [0.15, 0.2) is 0 Å². The van der Waals surface area contributed by atoms with Crippen LogP contribution in [0.4, 0.5) is 0 Å². The smallest absolute Gasteiger partial charge is 1.00 e. The first kappa shape index (κ1) is 21.9. The molecule has 0 aromatic heterocycles. The fourth-order valence-corrected chi connectivity index (χ4v) is 7.18. The van der Waals surface area contributed by atoms with Gasteiger partial charge in [-0.25, -0.2) is 0 Å². The van der Waals surface area contributed by atoms with E-state index in [1.54, 1.807) is 0 Å². The summed E-state index contributed by atoms with van der Waals surface area (Å²) in [5.74, 6) is 2.59. The standard InChI is InChI=1S/C22H23P.ClH.Li/c1-2-3-19-23(20-13-7-4-8-14-20,21-15-9-5-10-16-21)22-17-11-6-12-18-22;;/h4-19H,2-3H2,1H3;1H;/q;;+1/p-1. The maximum atomic E-state index is 2.59. The Morgan fingerprint density at radius 3 is 1.24 bits per heavy atom. The van der Waals surface area contributed by atoms with Crippen molar-refractivity contribution in [2.75, 3.05) is 0 Å². The van der Waals surface area contributed by atoms with Crippen LogP contribution in [-0.2, 0) is 0 Å². The van der Waals surface area contributed by atoms with Gasteiger partial charge in [0.1, 0.15) is 0 Å². The molecule has 0 unspecified atom stereocenters. The molecule has 0 spiro atoms. The monoisotopic (exact) mass is 360 g/mol. The van der Waals surface area contributed by atoms with Crippen LogP contribution in [0.1, 0.15) is 19.8 Å². The van der Waals surface area contributed by atoms with E-state index >= 15 is 0 Å². The van der Waals surface area contributed by atoms with E-state index in [9.17, 15) is 0 Å². The van der Waals surface area contributed by atoms with Crippen LogP contribution in [-0.4, -0.2) is 5.80 Å². The molecule has 0 atom stereocenters. The molecule has 0 N–H and O–H groups in total. The number of rotatable bonds is 5. The molecule has 3 rings (SSSR count). The SMILES string of the molecule is CCCC=P(c1ccccc1)(c1ccccc1)c1ccccc1.[Cl-].[Li+]. The maximum absolute atomic E-state index is 2.59. The van der Waals surface area contributed by atoms with Gasteiger partial charge >= 0.3 is 18.9 Å². The van der Waals surface area contributed by atoms with Crippen LogP contribution in [0.15, 0.2) is 91.0 Å². The summed E-state index contributed by atoms with van der Waals surface area (Å²) in [6, 6.07) is 33.0. The van der Waals surface area contributed by atoms with Gasteiger partial charge in [0.2, 0.25) is 0 Å². The Morgan fingerprint density at radius 2 is 0.960 bits per heavy atom. The Hall–Kier alpha value is -1.15. The zero-order valence-electron chi connectivity index (χ0n) is 15.0. The number of benzene rings is 3. The molecule has 0 aliphatic carbocycles. The molecule has 0 saturated carbocycles. The van der Waals surface area contributed by atoms with Crippen LogP contribution in [0, 0.1) is 0 Å². The Labute approximate surface area is 170 Å². The maximum Gasteiger partial charge on any atom is 1.00 e. The van der Waals surface area contributed by atoms with Crippen LogP contribution in [0.5, 0.6) is 0 Å². The molecule has 0 fully saturated rings. The zero-order valence-corrected chi connectivity index (χ0v) is 16.6. The van der Waals surface area contributed by atoms with Crippen LogP contribution in [0.25, 0.3) is 0 Å². The van der Waals surface area contributed by atoms with E-state index in [0.29, 0.717) is 0 Å². The Kier molecular flexibility index (Phi) is 9.41. The topological polar surface area (TPSA) is 0 Å². The van der Waals surface area contributed by atoms with E-state index in [4.69, 9.17) is 0 Å². The first-order chi connectivity index (χ1) is 11.4. The van der Waals surface area contributed by atoms with Gasteiger partial charge in [0.25, 0.3) is 0 Å². The molecule has 3 aromatic rings. The summed E-state index contributed by atoms with van der Waals surface area (Å²) in [5.41, 5.74) is 0. The van der Waals surface area contributed by atoms with Crippen molar-refractivity contribution in [1.29, 1.82) is 0 Å². The molecule has 0 bridgehead atoms. The number of halogens is 1. The molecular formula is C22H23ClLiP. The van der Waals surface area contributed by atoms with Gasteiger partial charge < -0.3 is 12.4 Å². The molecule has 0 amide bonds. The van der Waals surface area contributed by atoms with Gasteiger partial charge in [-0.15, -0.1) is 0 Å². The molecule has 3 heteroatoms. The summed E-state index contributed by atoms with van der Waals surface area (Å²) in [4.78, 5) is 0. The van der Waals surface area contributed by atoms with Crippen molar-refractivity contribution in [2.45, 2.75) is 19.8 Å². The minimum Gasteiger partial charge on any atom is -1.00 e. The third-order valence-electron chi connectivity index (χ3n) is 4.18. The fourth-order valence-electron chi connectivity index (χ4n) is 3.08. The molecule has 0 nitrogen and oxygen atoms in total. The van der Waals surface area contributed by atoms with Crippen LogP contribution in [0.3, 0.4) is 0 Å². The van der Waals surface area contributed by atoms with E-state index in [0.717, 1.165) is 6.42 Å². The number of unbranched alkanes of at least 4 members (excludes halogenated alkanes) is 1. The summed E-state index contributed by atoms with van der Waals surface area (Å²) >= 11 is 0. The van der Waals surface area contributed by atoms with Crippen molar-refractivity contribution in [3.05, 3.63) is 91.0 Å². The summed E-state index contributed by atoms with van der Waals surface area (Å²) in [7, 11) is 0. The third-order valence-corrected chi connectivity index (χ3v) is 8.33. The Morgan fingerprint density at radius 1 is 0.640 bits per heavy atom. The van der Waals surface area contributed by atoms with Crippen molar-refractivity contribution >= 4 is 28.6 Å². The summed E-state index contributed by atoms with van der Waals surface area (Å²) in [6.45, 7) is 0.561. The largest absolute Gasteiger partial charge is 1.00 e. The Balaban J connectivity index is 0.00000156. The van der Waals surface area contributed by atoms with Crippen LogP contribution in [0.2, 0.25) is 0 Å². The van der Waals surface area contributed by atoms with Crippen molar-refractivity contribution in [1.82, 2.24) is 0 Å². The molecule has 124 valence electrons. The predicted octanol–water partition coefficient (Wildman–Crippen LogP) is -1.41. The summed E-state index contributed by atoms with van der Waals surface area (Å²) in [5, 5.41) is 4.31. The normalized spacial score (nSPS) is 10.3. The quantitative estimate of drug-likeness (QED) is 0.387. The van der Waals surface area contributed by atoms with Gasteiger partial charge in [-0.05, 0) is 29.2 Å². The van der Waals surface area contributed by atoms with E-state index < -0.39 is 6.89 Å². The number of hydrogen-bond acceptors (Lipinski definition) is 0. The second-order valence-corrected chi connectivity index (χ2v) is 9.06. The van der Waals surface area contributed by atoms with E-state index in [-0.39, 0.29) is 31.3 Å². The molecule has 25 heavy (non-hydrogen) atoms. The zero-order chi connectivity index (χ0) is 16.0. The third kappa shape index (κ3) is 4.72. The minimum absolute atomic E-state index is 0. The van der Waals surface area contributed by atoms with Crippen molar-refractivity contribution in [2.24, 2.45) is 0 Å². The van der Waals surface area contributed by atoms with Crippen LogP contribution < -0.4 is 47.2 Å². The minimum atomic E-state index is -1.69. The fraction of sp³-hybridized carbons (Fsp3) is 0.136. The van der Waals surface area contributed by atoms with Gasteiger partial charge in [0.05, 0.1) is 0 Å². The average molecular weight is 361 g/mol. The summed E-state index contributed by atoms with van der Waals surface area (Å²) < 4.78 is 0. The van der Waals surface area contributed by atoms with E-state index in [1.165, 1.54) is 22.3 Å². The van der Waals surface area contributed by atoms with Crippen molar-refractivity contribution in [3.8, 4) is 0 Å². The van der Waals surface area contributed by atoms with E-state index in [2.05, 4.69) is 104 Å². The molecule has 0 heterocycles. The summed E-state index contributed by atoms with van der Waals surface area (Å²) in [6.07, 6.45) is 2.31. The molecular weight excluding hydrogens is 338 g/mol. The average Bonchev–Trinajstić information content (AvgIpc) is 2.65. The van der Waals surface area contributed by atoms with Crippen molar-refractivity contribution in [3.63, 3.8) is 0 Å². The van der Waals surface area contributed by atoms with Crippen molar-refractivity contribution < 1.29 is 31.3 Å². The first-order valence-corrected chi connectivity index (χ1v) is 10.1. The predicted molar refractivity (Wildman–Crippen MR) is 106 cm³/mol. The molecule has 0 aliphatic heterocycles. The van der Waals surface area contributed by atoms with Gasteiger partial charge in [0, 0.05) is 0 Å². The van der Waals surface area contributed by atoms with Gasteiger partial charge in [-0.3, -0.25) is 0 Å². The molecule has 0 aliphatic rings. The molecule has 0 radical (unpaired) electrons. The van der Waals surface area contributed by atoms with Gasteiger partial charge in [-0.1, -0.05) is 110 Å². The number of hydrogen-bond donors (Lipinski definition) is 0. The van der Waals surface area contributed by atoms with Gasteiger partial charge in [-0.2, -0.15) is 0 Å².